The number of ether oxygens (including phenoxy) is 1. The molecule has 1 saturated carbocycles. The van der Waals surface area contributed by atoms with Crippen LogP contribution in [-0.4, -0.2) is 53.8 Å². The van der Waals surface area contributed by atoms with Gasteiger partial charge in [0.1, 0.15) is 12.3 Å². The van der Waals surface area contributed by atoms with Crippen molar-refractivity contribution in [2.24, 2.45) is 5.92 Å². The Kier molecular flexibility index (Phi) is 4.95. The Morgan fingerprint density at radius 1 is 1.37 bits per heavy atom. The maximum atomic E-state index is 13.5. The number of halogens is 2. The molecule has 7 heteroatoms. The molecule has 4 aliphatic rings. The van der Waals surface area contributed by atoms with Crippen LogP contribution in [0.5, 0.6) is 5.75 Å². The summed E-state index contributed by atoms with van der Waals surface area (Å²) in [6.07, 6.45) is 2.23. The third-order valence-electron chi connectivity index (χ3n) is 7.01. The second-order valence-corrected chi connectivity index (χ2v) is 9.55. The average molecular weight is 401 g/mol. The third-order valence-corrected chi connectivity index (χ3v) is 8.00. The minimum Gasteiger partial charge on any atom is -0.506 e. The van der Waals surface area contributed by atoms with E-state index in [1.807, 2.05) is 0 Å². The summed E-state index contributed by atoms with van der Waals surface area (Å²) in [7, 11) is 0. The molecule has 1 N–H and O–H groups in total. The Hall–Kier alpha value is -1.21. The van der Waals surface area contributed by atoms with Crippen LogP contribution in [-0.2, 0) is 16.0 Å². The number of alkyl halides is 2. The van der Waals surface area contributed by atoms with Crippen LogP contribution in [0.15, 0.2) is 5.38 Å². The quantitative estimate of drug-likeness (QED) is 0.599. The summed E-state index contributed by atoms with van der Waals surface area (Å²) in [6.45, 7) is 6.52. The maximum absolute atomic E-state index is 13.5. The first-order valence-corrected chi connectivity index (χ1v) is 10.9. The lowest BCUT2D eigenvalue weighted by atomic mass is 9.83. The minimum absolute atomic E-state index is 0.0191. The molecular weight excluding hydrogens is 372 g/mol. The van der Waals surface area contributed by atoms with Crippen molar-refractivity contribution in [2.75, 3.05) is 26.2 Å². The van der Waals surface area contributed by atoms with Gasteiger partial charge in [-0.05, 0) is 24.6 Å². The number of quaternary nitrogens is 1. The standard InChI is InChI=1S/C20H27F2NO3S/c1-2-23-7-4-13(5-8-23)16(11-23)26-18(24)9-17-19(25)15(12-27-17)14-3-6-20(21,22)10-14/h12-14,16H,2-11H2,1H3/p+1/t13?,14?,16-,23?/m0/s1. The predicted octanol–water partition coefficient (Wildman–Crippen LogP) is 4.07. The summed E-state index contributed by atoms with van der Waals surface area (Å²) in [5, 5.41) is 12.2. The molecule has 0 spiro atoms. The molecule has 1 aliphatic carbocycles. The summed E-state index contributed by atoms with van der Waals surface area (Å²) >= 11 is 1.27. The van der Waals surface area contributed by atoms with Crippen molar-refractivity contribution in [3.05, 3.63) is 15.8 Å². The monoisotopic (exact) mass is 400 g/mol. The van der Waals surface area contributed by atoms with Crippen LogP contribution in [0, 0.1) is 5.92 Å². The van der Waals surface area contributed by atoms with Gasteiger partial charge in [-0.15, -0.1) is 11.3 Å². The number of hydrogen-bond donors (Lipinski definition) is 1. The van der Waals surface area contributed by atoms with Crippen molar-refractivity contribution in [3.8, 4) is 5.75 Å². The highest BCUT2D eigenvalue weighted by atomic mass is 32.1. The Morgan fingerprint density at radius 2 is 2.11 bits per heavy atom. The average Bonchev–Trinajstić information content (AvgIpc) is 3.18. The second-order valence-electron chi connectivity index (χ2n) is 8.59. The minimum atomic E-state index is -2.65. The largest absolute Gasteiger partial charge is 0.506 e. The van der Waals surface area contributed by atoms with Crippen molar-refractivity contribution < 1.29 is 27.9 Å². The number of rotatable bonds is 5. The fourth-order valence-corrected chi connectivity index (χ4v) is 6.18. The number of aromatic hydroxyl groups is 1. The van der Waals surface area contributed by atoms with E-state index in [-0.39, 0.29) is 43.0 Å². The number of carbonyl (C=O) groups excluding carboxylic acids is 1. The molecule has 1 aromatic heterocycles. The van der Waals surface area contributed by atoms with Gasteiger partial charge in [0.15, 0.2) is 6.10 Å². The first-order valence-electron chi connectivity index (χ1n) is 10.0. The molecule has 0 aromatic carbocycles. The highest BCUT2D eigenvalue weighted by molar-refractivity contribution is 7.10. The van der Waals surface area contributed by atoms with Gasteiger partial charge in [-0.2, -0.15) is 0 Å². The van der Waals surface area contributed by atoms with Crippen LogP contribution in [0.1, 0.15) is 55.4 Å². The molecule has 150 valence electrons. The Labute approximate surface area is 162 Å². The normalized spacial score (nSPS) is 34.7. The Bertz CT molecular complexity index is 712. The maximum Gasteiger partial charge on any atom is 0.311 e. The van der Waals surface area contributed by atoms with E-state index in [1.54, 1.807) is 5.38 Å². The number of carbonyl (C=O) groups is 1. The first-order chi connectivity index (χ1) is 12.8. The fourth-order valence-electron chi connectivity index (χ4n) is 5.18. The smallest absolute Gasteiger partial charge is 0.311 e. The summed E-state index contributed by atoms with van der Waals surface area (Å²) in [6, 6.07) is 0. The zero-order chi connectivity index (χ0) is 19.2. The predicted molar refractivity (Wildman–Crippen MR) is 99.2 cm³/mol. The summed E-state index contributed by atoms with van der Waals surface area (Å²) in [5.41, 5.74) is 0.568. The van der Waals surface area contributed by atoms with Gasteiger partial charge in [0.25, 0.3) is 0 Å². The van der Waals surface area contributed by atoms with Crippen molar-refractivity contribution in [1.29, 1.82) is 0 Å². The van der Waals surface area contributed by atoms with E-state index in [4.69, 9.17) is 4.74 Å². The van der Waals surface area contributed by atoms with Crippen LogP contribution in [0.3, 0.4) is 0 Å². The lowest BCUT2D eigenvalue weighted by Gasteiger charge is -2.51. The van der Waals surface area contributed by atoms with E-state index >= 15 is 0 Å². The second kappa shape index (κ2) is 6.99. The molecule has 4 nitrogen and oxygen atoms in total. The van der Waals surface area contributed by atoms with E-state index in [2.05, 4.69) is 6.92 Å². The number of esters is 1. The van der Waals surface area contributed by atoms with Gasteiger partial charge < -0.3 is 14.3 Å². The SMILES string of the molecule is CC[N+]12CCC(CC1)[C@@H](OC(=O)Cc1scc(C3CCC(F)(F)C3)c1O)C2. The van der Waals surface area contributed by atoms with Gasteiger partial charge in [0, 0.05) is 37.2 Å². The number of hydrogen-bond acceptors (Lipinski definition) is 4. The Morgan fingerprint density at radius 3 is 2.74 bits per heavy atom. The summed E-state index contributed by atoms with van der Waals surface area (Å²) < 4.78 is 33.8. The van der Waals surface area contributed by atoms with Crippen LogP contribution in [0.2, 0.25) is 0 Å². The molecule has 0 amide bonds. The van der Waals surface area contributed by atoms with E-state index in [0.29, 0.717) is 22.8 Å². The van der Waals surface area contributed by atoms with Crippen LogP contribution in [0.4, 0.5) is 8.78 Å². The van der Waals surface area contributed by atoms with Gasteiger partial charge in [-0.3, -0.25) is 4.79 Å². The van der Waals surface area contributed by atoms with Gasteiger partial charge in [-0.1, -0.05) is 0 Å². The molecule has 5 rings (SSSR count). The van der Waals surface area contributed by atoms with E-state index in [9.17, 15) is 18.7 Å². The van der Waals surface area contributed by atoms with Gasteiger partial charge >= 0.3 is 5.97 Å². The summed E-state index contributed by atoms with van der Waals surface area (Å²) in [5.74, 6) is -2.81. The van der Waals surface area contributed by atoms with Crippen molar-refractivity contribution in [2.45, 2.75) is 63.4 Å². The summed E-state index contributed by atoms with van der Waals surface area (Å²) in [4.78, 5) is 13.0. The van der Waals surface area contributed by atoms with E-state index in [1.165, 1.54) is 24.4 Å². The van der Waals surface area contributed by atoms with Crippen molar-refractivity contribution in [1.82, 2.24) is 0 Å². The third kappa shape index (κ3) is 3.73. The van der Waals surface area contributed by atoms with Gasteiger partial charge in [0.05, 0.1) is 30.9 Å². The molecule has 4 heterocycles. The lowest BCUT2D eigenvalue weighted by molar-refractivity contribution is -0.944. The zero-order valence-electron chi connectivity index (χ0n) is 15.8. The number of thiophene rings is 1. The number of likely N-dealkylation sites (N-methyl/N-ethyl adjacent to an activating group) is 1. The van der Waals surface area contributed by atoms with Gasteiger partial charge in [-0.25, -0.2) is 8.78 Å². The fraction of sp³-hybridized carbons (Fsp3) is 0.750. The van der Waals surface area contributed by atoms with Crippen LogP contribution < -0.4 is 0 Å². The van der Waals surface area contributed by atoms with E-state index in [0.717, 1.165) is 30.4 Å². The number of piperidine rings is 3. The van der Waals surface area contributed by atoms with Crippen molar-refractivity contribution >= 4 is 17.3 Å². The van der Waals surface area contributed by atoms with Gasteiger partial charge in [0.2, 0.25) is 5.92 Å². The lowest BCUT2D eigenvalue weighted by Crippen LogP contribution is -2.64. The molecule has 1 aromatic rings. The van der Waals surface area contributed by atoms with Crippen LogP contribution in [0.25, 0.3) is 0 Å². The molecule has 1 unspecified atom stereocenters. The molecule has 0 radical (unpaired) electrons. The molecule has 27 heavy (non-hydrogen) atoms. The molecular formula is C20H28F2NO3S+. The first kappa shape index (κ1) is 19.1. The highest BCUT2D eigenvalue weighted by Crippen LogP contribution is 2.48. The molecule has 2 bridgehead atoms. The molecule has 3 saturated heterocycles. The topological polar surface area (TPSA) is 46.5 Å². The Balaban J connectivity index is 1.38. The number of fused-ring (bicyclic) bond motifs is 3. The number of nitrogens with zero attached hydrogens (tertiary/aromatic N) is 1. The molecule has 2 atom stereocenters. The molecule has 4 fully saturated rings. The van der Waals surface area contributed by atoms with Crippen LogP contribution >= 0.6 is 11.3 Å². The highest BCUT2D eigenvalue weighted by Gasteiger charge is 2.47. The molecule has 3 aliphatic heterocycles. The van der Waals surface area contributed by atoms with Crippen molar-refractivity contribution in [3.63, 3.8) is 0 Å². The van der Waals surface area contributed by atoms with E-state index < -0.39 is 5.92 Å². The zero-order valence-corrected chi connectivity index (χ0v) is 16.6.